The van der Waals surface area contributed by atoms with Crippen molar-refractivity contribution in [1.29, 1.82) is 0 Å². The summed E-state index contributed by atoms with van der Waals surface area (Å²) in [6.07, 6.45) is -2.59. The van der Waals surface area contributed by atoms with Crippen molar-refractivity contribution in [2.45, 2.75) is 45.5 Å². The molecule has 154 valence electrons. The standard InChI is InChI=1S/C15H15ClF5N3O.CO2/c1-2-24-13(11(16)8-23-24)10-7-22-9(4-3-5-15(19,20)21)6-12(10)25-14(17)18;2-1-3/h6-8,14H,2-5H2,1H3;. The third-order valence-electron chi connectivity index (χ3n) is 3.38. The lowest BCUT2D eigenvalue weighted by atomic mass is 10.1. The monoisotopic (exact) mass is 427 g/mol. The van der Waals surface area contributed by atoms with Crippen LogP contribution in [-0.4, -0.2) is 33.7 Å². The van der Waals surface area contributed by atoms with Crippen molar-refractivity contribution in [2.75, 3.05) is 0 Å². The molecule has 2 rings (SSSR count). The number of carbonyl (C=O) groups excluding carboxylic acids is 2. The van der Waals surface area contributed by atoms with Gasteiger partial charge < -0.3 is 4.74 Å². The van der Waals surface area contributed by atoms with Crippen molar-refractivity contribution in [3.8, 4) is 17.0 Å². The molecule has 0 saturated carbocycles. The van der Waals surface area contributed by atoms with E-state index in [4.69, 9.17) is 21.2 Å². The van der Waals surface area contributed by atoms with Crippen molar-refractivity contribution < 1.29 is 36.3 Å². The van der Waals surface area contributed by atoms with Gasteiger partial charge in [-0.25, -0.2) is 0 Å². The molecular weight excluding hydrogens is 413 g/mol. The molecule has 28 heavy (non-hydrogen) atoms. The van der Waals surface area contributed by atoms with E-state index in [1.165, 1.54) is 23.1 Å². The van der Waals surface area contributed by atoms with Crippen LogP contribution in [0.2, 0.25) is 5.02 Å². The largest absolute Gasteiger partial charge is 0.434 e. The Hall–Kier alpha value is -2.52. The predicted octanol–water partition coefficient (Wildman–Crippen LogP) is 4.52. The summed E-state index contributed by atoms with van der Waals surface area (Å²) in [5.41, 5.74) is 0.778. The molecule has 0 aromatic carbocycles. The number of ether oxygens (including phenoxy) is 1. The van der Waals surface area contributed by atoms with Crippen LogP contribution >= 0.6 is 11.6 Å². The maximum atomic E-state index is 12.7. The highest BCUT2D eigenvalue weighted by Gasteiger charge is 2.26. The summed E-state index contributed by atoms with van der Waals surface area (Å²) in [5, 5.41) is 4.25. The van der Waals surface area contributed by atoms with Crippen molar-refractivity contribution in [3.05, 3.63) is 29.2 Å². The molecule has 0 aliphatic carbocycles. The van der Waals surface area contributed by atoms with Gasteiger partial charge in [-0.1, -0.05) is 11.6 Å². The van der Waals surface area contributed by atoms with Gasteiger partial charge >= 0.3 is 18.9 Å². The van der Waals surface area contributed by atoms with Gasteiger partial charge in [-0.2, -0.15) is 36.6 Å². The Bertz CT molecular complexity index is 805. The number of hydrogen-bond donors (Lipinski definition) is 0. The van der Waals surface area contributed by atoms with Crippen LogP contribution in [0.5, 0.6) is 5.75 Å². The Kier molecular flexibility index (Phi) is 9.01. The summed E-state index contributed by atoms with van der Waals surface area (Å²) >= 11 is 6.06. The van der Waals surface area contributed by atoms with Crippen LogP contribution in [0.3, 0.4) is 0 Å². The second kappa shape index (κ2) is 10.7. The Morgan fingerprint density at radius 3 is 2.46 bits per heavy atom. The number of aromatic nitrogens is 3. The fourth-order valence-electron chi connectivity index (χ4n) is 2.33. The quantitative estimate of drug-likeness (QED) is 0.607. The van der Waals surface area contributed by atoms with E-state index in [2.05, 4.69) is 14.8 Å². The Balaban J connectivity index is 0.00000122. The van der Waals surface area contributed by atoms with Gasteiger partial charge in [0.05, 0.1) is 22.5 Å². The average molecular weight is 428 g/mol. The summed E-state index contributed by atoms with van der Waals surface area (Å²) in [7, 11) is 0. The summed E-state index contributed by atoms with van der Waals surface area (Å²) in [6.45, 7) is -0.871. The summed E-state index contributed by atoms with van der Waals surface area (Å²) in [4.78, 5) is 20.3. The molecule has 0 N–H and O–H groups in total. The van der Waals surface area contributed by atoms with Crippen LogP contribution in [0.15, 0.2) is 18.5 Å². The van der Waals surface area contributed by atoms with Gasteiger partial charge in [0.15, 0.2) is 0 Å². The molecule has 12 heteroatoms. The predicted molar refractivity (Wildman–Crippen MR) is 86.8 cm³/mol. The van der Waals surface area contributed by atoms with E-state index < -0.39 is 19.2 Å². The normalized spacial score (nSPS) is 11.0. The maximum absolute atomic E-state index is 12.7. The molecule has 0 saturated heterocycles. The molecule has 0 aliphatic rings. The van der Waals surface area contributed by atoms with Crippen molar-refractivity contribution >= 4 is 17.8 Å². The lowest BCUT2D eigenvalue weighted by molar-refractivity contribution is -0.191. The fourth-order valence-corrected chi connectivity index (χ4v) is 2.57. The highest BCUT2D eigenvalue weighted by molar-refractivity contribution is 6.33. The third-order valence-corrected chi connectivity index (χ3v) is 3.66. The molecule has 0 amide bonds. The van der Waals surface area contributed by atoms with E-state index in [0.717, 1.165) is 0 Å². The molecule has 0 atom stereocenters. The van der Waals surface area contributed by atoms with Gasteiger partial charge in [0.2, 0.25) is 0 Å². The average Bonchev–Trinajstić information content (AvgIpc) is 2.95. The molecule has 0 unspecified atom stereocenters. The van der Waals surface area contributed by atoms with Crippen LogP contribution in [0.4, 0.5) is 22.0 Å². The number of halogens is 6. The van der Waals surface area contributed by atoms with E-state index in [-0.39, 0.29) is 41.0 Å². The van der Waals surface area contributed by atoms with E-state index in [0.29, 0.717) is 12.2 Å². The molecule has 6 nitrogen and oxygen atoms in total. The van der Waals surface area contributed by atoms with Gasteiger partial charge in [-0.05, 0) is 19.8 Å². The third kappa shape index (κ3) is 7.24. The molecule has 2 heterocycles. The second-order valence-corrected chi connectivity index (χ2v) is 5.67. The minimum Gasteiger partial charge on any atom is -0.434 e. The van der Waals surface area contributed by atoms with Gasteiger partial charge in [-0.15, -0.1) is 0 Å². The minimum absolute atomic E-state index is 0.0137. The fraction of sp³-hybridized carbons (Fsp3) is 0.438. The number of rotatable bonds is 7. The zero-order chi connectivity index (χ0) is 21.3. The molecule has 0 spiro atoms. The number of nitrogens with zero attached hydrogens (tertiary/aromatic N) is 3. The van der Waals surface area contributed by atoms with Crippen molar-refractivity contribution in [1.82, 2.24) is 14.8 Å². The van der Waals surface area contributed by atoms with Crippen LogP contribution in [-0.2, 0) is 22.6 Å². The van der Waals surface area contributed by atoms with Crippen LogP contribution in [0, 0.1) is 0 Å². The van der Waals surface area contributed by atoms with Gasteiger partial charge in [0, 0.05) is 30.9 Å². The van der Waals surface area contributed by atoms with Gasteiger partial charge in [-0.3, -0.25) is 9.67 Å². The zero-order valence-electron chi connectivity index (χ0n) is 14.5. The first kappa shape index (κ1) is 23.5. The molecule has 2 aromatic rings. The highest BCUT2D eigenvalue weighted by atomic mass is 35.5. The van der Waals surface area contributed by atoms with E-state index >= 15 is 0 Å². The van der Waals surface area contributed by atoms with Crippen LogP contribution in [0.25, 0.3) is 11.3 Å². The Morgan fingerprint density at radius 1 is 1.29 bits per heavy atom. The summed E-state index contributed by atoms with van der Waals surface area (Å²) in [6, 6.07) is 1.21. The van der Waals surface area contributed by atoms with Crippen molar-refractivity contribution in [2.24, 2.45) is 0 Å². The molecule has 0 aliphatic heterocycles. The van der Waals surface area contributed by atoms with E-state index in [9.17, 15) is 22.0 Å². The smallest absolute Gasteiger partial charge is 0.389 e. The Morgan fingerprint density at radius 2 is 1.93 bits per heavy atom. The first-order valence-electron chi connectivity index (χ1n) is 7.84. The number of hydrogen-bond acceptors (Lipinski definition) is 5. The van der Waals surface area contributed by atoms with E-state index in [1.807, 2.05) is 0 Å². The first-order valence-corrected chi connectivity index (χ1v) is 8.22. The SMILES string of the molecule is CCn1ncc(Cl)c1-c1cnc(CCCC(F)(F)F)cc1OC(F)F.O=C=O. The van der Waals surface area contributed by atoms with Gasteiger partial charge in [0.1, 0.15) is 5.75 Å². The molecule has 0 fully saturated rings. The zero-order valence-corrected chi connectivity index (χ0v) is 15.2. The number of aryl methyl sites for hydroxylation is 2. The van der Waals surface area contributed by atoms with Crippen LogP contribution in [0.1, 0.15) is 25.5 Å². The summed E-state index contributed by atoms with van der Waals surface area (Å²) in [5.74, 6) is -0.205. The van der Waals surface area contributed by atoms with Gasteiger partial charge in [0.25, 0.3) is 0 Å². The number of alkyl halides is 5. The lowest BCUT2D eigenvalue weighted by Crippen LogP contribution is -2.09. The topological polar surface area (TPSA) is 74.1 Å². The molecule has 0 bridgehead atoms. The summed E-state index contributed by atoms with van der Waals surface area (Å²) < 4.78 is 68.1. The first-order chi connectivity index (χ1) is 13.1. The highest BCUT2D eigenvalue weighted by Crippen LogP contribution is 2.36. The minimum atomic E-state index is -4.27. The second-order valence-electron chi connectivity index (χ2n) is 5.26. The lowest BCUT2D eigenvalue weighted by Gasteiger charge is -2.14. The molecule has 0 radical (unpaired) electrons. The van der Waals surface area contributed by atoms with Crippen LogP contribution < -0.4 is 4.74 Å². The Labute approximate surface area is 161 Å². The van der Waals surface area contributed by atoms with E-state index in [1.54, 1.807) is 6.92 Å². The molecular formula is C16H15ClF5N3O3. The maximum Gasteiger partial charge on any atom is 0.389 e. The number of pyridine rings is 1. The van der Waals surface area contributed by atoms with Crippen molar-refractivity contribution in [3.63, 3.8) is 0 Å². The molecule has 2 aromatic heterocycles.